The van der Waals surface area contributed by atoms with Crippen molar-refractivity contribution in [1.29, 1.82) is 0 Å². The van der Waals surface area contributed by atoms with Crippen LogP contribution in [0.3, 0.4) is 0 Å². The maximum absolute atomic E-state index is 5.66. The highest BCUT2D eigenvalue weighted by Crippen LogP contribution is 2.14. The van der Waals surface area contributed by atoms with Gasteiger partial charge < -0.3 is 10.5 Å². The van der Waals surface area contributed by atoms with Gasteiger partial charge in [-0.05, 0) is 31.4 Å². The number of aryl methyl sites for hydroxylation is 1. The molecule has 1 aromatic rings. The molecule has 1 saturated heterocycles. The van der Waals surface area contributed by atoms with E-state index < -0.39 is 0 Å². The first kappa shape index (κ1) is 12.8. The van der Waals surface area contributed by atoms with Crippen LogP contribution < -0.4 is 5.73 Å². The van der Waals surface area contributed by atoms with Crippen molar-refractivity contribution in [2.24, 2.45) is 10.7 Å². The van der Waals surface area contributed by atoms with E-state index in [0.717, 1.165) is 42.8 Å². The molecule has 4 nitrogen and oxygen atoms in total. The minimum absolute atomic E-state index is 0.353. The van der Waals surface area contributed by atoms with E-state index >= 15 is 0 Å². The Bertz CT molecular complexity index is 448. The van der Waals surface area contributed by atoms with Crippen LogP contribution in [0.15, 0.2) is 29.7 Å². The summed E-state index contributed by atoms with van der Waals surface area (Å²) in [6, 6.07) is 2.41. The Kier molecular flexibility index (Phi) is 4.47. The third-order valence-corrected chi connectivity index (χ3v) is 3.00. The van der Waals surface area contributed by atoms with Crippen LogP contribution in [0, 0.1) is 6.92 Å². The van der Waals surface area contributed by atoms with Crippen molar-refractivity contribution in [2.75, 3.05) is 13.2 Å². The number of aliphatic imine (C=N–C) groups is 1. The molecule has 0 spiro atoms. The summed E-state index contributed by atoms with van der Waals surface area (Å²) in [4.78, 5) is 8.75. The molecule has 18 heavy (non-hydrogen) atoms. The predicted octanol–water partition coefficient (Wildman–Crippen LogP) is 1.94. The largest absolute Gasteiger partial charge is 0.404 e. The normalized spacial score (nSPS) is 18.4. The number of rotatable bonds is 3. The Morgan fingerprint density at radius 2 is 2.22 bits per heavy atom. The molecule has 0 saturated carbocycles. The van der Waals surface area contributed by atoms with Crippen molar-refractivity contribution >= 4 is 11.8 Å². The molecular weight excluding hydrogens is 226 g/mol. The van der Waals surface area contributed by atoms with Crippen LogP contribution in [-0.2, 0) is 4.74 Å². The summed E-state index contributed by atoms with van der Waals surface area (Å²) in [5.74, 6) is 0. The van der Waals surface area contributed by atoms with Gasteiger partial charge in [-0.2, -0.15) is 0 Å². The van der Waals surface area contributed by atoms with E-state index in [0.29, 0.717) is 6.04 Å². The van der Waals surface area contributed by atoms with Crippen LogP contribution in [0.2, 0.25) is 0 Å². The minimum Gasteiger partial charge on any atom is -0.404 e. The lowest BCUT2D eigenvalue weighted by molar-refractivity contribution is 0.0872. The van der Waals surface area contributed by atoms with Crippen LogP contribution in [0.1, 0.15) is 24.0 Å². The Hall–Kier alpha value is -1.68. The van der Waals surface area contributed by atoms with Crippen LogP contribution in [0.25, 0.3) is 5.57 Å². The summed E-state index contributed by atoms with van der Waals surface area (Å²) in [5.41, 5.74) is 8.70. The van der Waals surface area contributed by atoms with Gasteiger partial charge in [0.05, 0.1) is 6.04 Å². The van der Waals surface area contributed by atoms with E-state index in [2.05, 4.69) is 16.0 Å². The van der Waals surface area contributed by atoms with Gasteiger partial charge in [-0.25, -0.2) is 0 Å². The average Bonchev–Trinajstić information content (AvgIpc) is 2.41. The molecular formula is C14H19N3O. The molecule has 0 radical (unpaired) electrons. The zero-order valence-corrected chi connectivity index (χ0v) is 10.7. The average molecular weight is 245 g/mol. The van der Waals surface area contributed by atoms with Crippen molar-refractivity contribution in [1.82, 2.24) is 4.98 Å². The standard InChI is InChI=1S/C14H19N3O/c1-11-6-12(9-16-8-11)13(7-15)10-17-14-2-4-18-5-3-14/h6-10,14H,2-5,15H2,1H3. The molecule has 96 valence electrons. The number of nitrogens with zero attached hydrogens (tertiary/aromatic N) is 2. The van der Waals surface area contributed by atoms with Gasteiger partial charge in [-0.15, -0.1) is 0 Å². The maximum Gasteiger partial charge on any atom is 0.0543 e. The molecule has 0 aromatic carbocycles. The van der Waals surface area contributed by atoms with Crippen molar-refractivity contribution in [2.45, 2.75) is 25.8 Å². The van der Waals surface area contributed by atoms with E-state index in [1.54, 1.807) is 6.20 Å². The highest BCUT2D eigenvalue weighted by molar-refractivity contribution is 6.09. The zero-order valence-electron chi connectivity index (χ0n) is 10.7. The summed E-state index contributed by atoms with van der Waals surface area (Å²) in [7, 11) is 0. The fourth-order valence-corrected chi connectivity index (χ4v) is 1.95. The first-order valence-corrected chi connectivity index (χ1v) is 6.24. The first-order valence-electron chi connectivity index (χ1n) is 6.24. The Morgan fingerprint density at radius 3 is 2.89 bits per heavy atom. The second-order valence-electron chi connectivity index (χ2n) is 4.49. The molecule has 2 N–H and O–H groups in total. The number of ether oxygens (including phenoxy) is 1. The number of nitrogens with two attached hydrogens (primary N) is 1. The lowest BCUT2D eigenvalue weighted by Crippen LogP contribution is -2.18. The topological polar surface area (TPSA) is 60.5 Å². The number of pyridine rings is 1. The fraction of sp³-hybridized carbons (Fsp3) is 0.429. The van der Waals surface area contributed by atoms with Crippen LogP contribution in [-0.4, -0.2) is 30.5 Å². The predicted molar refractivity (Wildman–Crippen MR) is 73.5 cm³/mol. The summed E-state index contributed by atoms with van der Waals surface area (Å²) in [6.07, 6.45) is 9.04. The second kappa shape index (κ2) is 6.31. The summed E-state index contributed by atoms with van der Waals surface area (Å²) >= 11 is 0. The minimum atomic E-state index is 0.353. The van der Waals surface area contributed by atoms with Crippen LogP contribution >= 0.6 is 0 Å². The van der Waals surface area contributed by atoms with E-state index in [4.69, 9.17) is 10.5 Å². The van der Waals surface area contributed by atoms with Crippen molar-refractivity contribution in [3.63, 3.8) is 0 Å². The molecule has 0 unspecified atom stereocenters. The Labute approximate surface area is 108 Å². The third-order valence-electron chi connectivity index (χ3n) is 3.00. The van der Waals surface area contributed by atoms with Gasteiger partial charge in [0.1, 0.15) is 0 Å². The van der Waals surface area contributed by atoms with E-state index in [9.17, 15) is 0 Å². The van der Waals surface area contributed by atoms with Crippen molar-refractivity contribution in [3.05, 3.63) is 35.8 Å². The van der Waals surface area contributed by atoms with Gasteiger partial charge >= 0.3 is 0 Å². The van der Waals surface area contributed by atoms with Gasteiger partial charge in [0.15, 0.2) is 0 Å². The molecule has 0 amide bonds. The summed E-state index contributed by atoms with van der Waals surface area (Å²) < 4.78 is 5.31. The molecule has 2 heterocycles. The lowest BCUT2D eigenvalue weighted by Gasteiger charge is -2.18. The lowest BCUT2D eigenvalue weighted by atomic mass is 10.1. The smallest absolute Gasteiger partial charge is 0.0543 e. The maximum atomic E-state index is 5.66. The molecule has 0 atom stereocenters. The van der Waals surface area contributed by atoms with E-state index in [1.807, 2.05) is 25.5 Å². The van der Waals surface area contributed by atoms with Gasteiger partial charge in [-0.1, -0.05) is 0 Å². The van der Waals surface area contributed by atoms with Crippen LogP contribution in [0.5, 0.6) is 0 Å². The van der Waals surface area contributed by atoms with Crippen molar-refractivity contribution < 1.29 is 4.74 Å². The van der Waals surface area contributed by atoms with Gasteiger partial charge in [0.25, 0.3) is 0 Å². The molecule has 1 aliphatic heterocycles. The molecule has 0 bridgehead atoms. The number of allylic oxidation sites excluding steroid dienone is 1. The molecule has 2 rings (SSSR count). The van der Waals surface area contributed by atoms with Crippen molar-refractivity contribution in [3.8, 4) is 0 Å². The number of aromatic nitrogens is 1. The molecule has 1 aromatic heterocycles. The van der Waals surface area contributed by atoms with Gasteiger partial charge in [0.2, 0.25) is 0 Å². The summed E-state index contributed by atoms with van der Waals surface area (Å²) in [6.45, 7) is 3.62. The monoisotopic (exact) mass is 245 g/mol. The van der Waals surface area contributed by atoms with Gasteiger partial charge in [-0.3, -0.25) is 9.98 Å². The SMILES string of the molecule is Cc1cncc(C(C=NC2CCOCC2)=CN)c1. The molecule has 0 aliphatic carbocycles. The number of hydrogen-bond donors (Lipinski definition) is 1. The van der Waals surface area contributed by atoms with E-state index in [1.165, 1.54) is 0 Å². The highest BCUT2D eigenvalue weighted by atomic mass is 16.5. The van der Waals surface area contributed by atoms with E-state index in [-0.39, 0.29) is 0 Å². The fourth-order valence-electron chi connectivity index (χ4n) is 1.95. The molecule has 4 heteroatoms. The molecule has 1 fully saturated rings. The quantitative estimate of drug-likeness (QED) is 0.828. The van der Waals surface area contributed by atoms with Crippen LogP contribution in [0.4, 0.5) is 0 Å². The third kappa shape index (κ3) is 3.40. The Balaban J connectivity index is 2.07. The van der Waals surface area contributed by atoms with Gasteiger partial charge in [0, 0.05) is 49.2 Å². The number of hydrogen-bond acceptors (Lipinski definition) is 4. The molecule has 1 aliphatic rings. The second-order valence-corrected chi connectivity index (χ2v) is 4.49. The Morgan fingerprint density at radius 1 is 1.44 bits per heavy atom. The highest BCUT2D eigenvalue weighted by Gasteiger charge is 2.11. The zero-order chi connectivity index (χ0) is 12.8. The summed E-state index contributed by atoms with van der Waals surface area (Å²) in [5, 5.41) is 0. The first-order chi connectivity index (χ1) is 8.79.